The van der Waals surface area contributed by atoms with Crippen molar-refractivity contribution in [2.24, 2.45) is 5.92 Å². The fourth-order valence-corrected chi connectivity index (χ4v) is 4.82. The van der Waals surface area contributed by atoms with Crippen molar-refractivity contribution in [2.75, 3.05) is 13.6 Å². The summed E-state index contributed by atoms with van der Waals surface area (Å²) in [6.07, 6.45) is 5.70. The van der Waals surface area contributed by atoms with E-state index in [9.17, 15) is 9.90 Å². The Bertz CT molecular complexity index is 632. The monoisotopic (exact) mass is 349 g/mol. The van der Waals surface area contributed by atoms with Gasteiger partial charge < -0.3 is 10.0 Å². The predicted octanol–water partition coefficient (Wildman–Crippen LogP) is 2.31. The van der Waals surface area contributed by atoms with Gasteiger partial charge >= 0.3 is 0 Å². The van der Waals surface area contributed by atoms with E-state index in [4.69, 9.17) is 11.6 Å². The fourth-order valence-electron chi connectivity index (χ4n) is 4.70. The summed E-state index contributed by atoms with van der Waals surface area (Å²) in [6, 6.07) is 7.90. The number of carbonyl (C=O) groups is 1. The van der Waals surface area contributed by atoms with Gasteiger partial charge in [-0.15, -0.1) is 0 Å². The number of likely N-dealkylation sites (tertiary alicyclic amines) is 1. The number of fused-ring (bicyclic) bond motifs is 1. The van der Waals surface area contributed by atoms with E-state index in [0.29, 0.717) is 11.6 Å². The minimum atomic E-state index is -1.49. The molecule has 24 heavy (non-hydrogen) atoms. The number of hydrogen-bond donors (Lipinski definition) is 2. The Labute approximate surface area is 147 Å². The van der Waals surface area contributed by atoms with Crippen molar-refractivity contribution in [1.29, 1.82) is 0 Å². The minimum Gasteiger partial charge on any atom is -0.366 e. The first-order valence-electron chi connectivity index (χ1n) is 8.80. The number of amides is 1. The van der Waals surface area contributed by atoms with Gasteiger partial charge in [-0.05, 0) is 30.5 Å². The van der Waals surface area contributed by atoms with Gasteiger partial charge in [0.05, 0.1) is 12.0 Å². The van der Waals surface area contributed by atoms with Crippen LogP contribution < -0.4 is 5.43 Å². The van der Waals surface area contributed by atoms with E-state index in [-0.39, 0.29) is 23.9 Å². The van der Waals surface area contributed by atoms with Gasteiger partial charge in [-0.2, -0.15) is 0 Å². The highest BCUT2D eigenvalue weighted by Crippen LogP contribution is 2.46. The van der Waals surface area contributed by atoms with E-state index in [0.717, 1.165) is 18.4 Å². The summed E-state index contributed by atoms with van der Waals surface area (Å²) in [5, 5.41) is 13.6. The van der Waals surface area contributed by atoms with Gasteiger partial charge in [0.2, 0.25) is 5.72 Å². The Morgan fingerprint density at radius 3 is 2.54 bits per heavy atom. The molecule has 2 aliphatic heterocycles. The summed E-state index contributed by atoms with van der Waals surface area (Å²) in [7, 11) is 1.88. The Kier molecular flexibility index (Phi) is 4.07. The lowest BCUT2D eigenvalue weighted by atomic mass is 9.89. The summed E-state index contributed by atoms with van der Waals surface area (Å²) in [5.74, 6) is -0.346. The summed E-state index contributed by atoms with van der Waals surface area (Å²) >= 11 is 6.00. The maximum atomic E-state index is 13.0. The second-order valence-electron chi connectivity index (χ2n) is 7.34. The van der Waals surface area contributed by atoms with E-state index in [1.807, 2.05) is 41.2 Å². The van der Waals surface area contributed by atoms with E-state index in [2.05, 4.69) is 5.43 Å². The summed E-state index contributed by atoms with van der Waals surface area (Å²) in [4.78, 5) is 14.9. The number of carbonyl (C=O) groups excluding carboxylic acids is 1. The van der Waals surface area contributed by atoms with Crippen molar-refractivity contribution < 1.29 is 9.90 Å². The van der Waals surface area contributed by atoms with Crippen LogP contribution in [-0.4, -0.2) is 46.3 Å². The largest absolute Gasteiger partial charge is 0.366 e. The lowest BCUT2D eigenvalue weighted by molar-refractivity contribution is -0.151. The van der Waals surface area contributed by atoms with Crippen LogP contribution in [0.3, 0.4) is 0 Å². The highest BCUT2D eigenvalue weighted by Gasteiger charge is 2.62. The molecule has 1 aromatic rings. The van der Waals surface area contributed by atoms with Gasteiger partial charge in [-0.3, -0.25) is 4.79 Å². The van der Waals surface area contributed by atoms with Crippen LogP contribution in [0, 0.1) is 5.92 Å². The average molecular weight is 350 g/mol. The molecule has 130 valence electrons. The summed E-state index contributed by atoms with van der Waals surface area (Å²) in [6.45, 7) is 0.602. The van der Waals surface area contributed by atoms with Crippen molar-refractivity contribution in [3.8, 4) is 0 Å². The summed E-state index contributed by atoms with van der Waals surface area (Å²) in [5.41, 5.74) is 2.61. The molecule has 1 amide bonds. The van der Waals surface area contributed by atoms with Gasteiger partial charge in [0.25, 0.3) is 5.91 Å². The summed E-state index contributed by atoms with van der Waals surface area (Å²) < 4.78 is 0. The zero-order valence-corrected chi connectivity index (χ0v) is 14.7. The highest BCUT2D eigenvalue weighted by molar-refractivity contribution is 6.30. The SMILES string of the molecule is CN1NC2(O)C(=O)N(C3CCCCC3)CC2C1c1ccc(Cl)cc1. The quantitative estimate of drug-likeness (QED) is 0.860. The number of halogens is 1. The predicted molar refractivity (Wildman–Crippen MR) is 92.1 cm³/mol. The molecule has 0 radical (unpaired) electrons. The maximum absolute atomic E-state index is 13.0. The normalized spacial score (nSPS) is 34.8. The lowest BCUT2D eigenvalue weighted by Gasteiger charge is -2.33. The van der Waals surface area contributed by atoms with Crippen LogP contribution in [0.1, 0.15) is 43.7 Å². The van der Waals surface area contributed by atoms with Crippen LogP contribution in [0.4, 0.5) is 0 Å². The smallest absolute Gasteiger partial charge is 0.271 e. The van der Waals surface area contributed by atoms with Crippen molar-refractivity contribution in [2.45, 2.75) is 49.9 Å². The Hall–Kier alpha value is -1.14. The van der Waals surface area contributed by atoms with Crippen molar-refractivity contribution in [3.05, 3.63) is 34.9 Å². The van der Waals surface area contributed by atoms with E-state index in [1.165, 1.54) is 19.3 Å². The molecule has 4 rings (SSSR count). The van der Waals surface area contributed by atoms with Gasteiger partial charge in [0, 0.05) is 24.7 Å². The molecule has 0 bridgehead atoms. The molecule has 2 heterocycles. The van der Waals surface area contributed by atoms with E-state index < -0.39 is 5.72 Å². The molecule has 1 saturated carbocycles. The fraction of sp³-hybridized carbons (Fsp3) is 0.611. The Morgan fingerprint density at radius 1 is 1.21 bits per heavy atom. The van der Waals surface area contributed by atoms with Crippen molar-refractivity contribution in [3.63, 3.8) is 0 Å². The maximum Gasteiger partial charge on any atom is 0.271 e. The Morgan fingerprint density at radius 2 is 1.88 bits per heavy atom. The molecule has 1 aliphatic carbocycles. The van der Waals surface area contributed by atoms with Crippen LogP contribution >= 0.6 is 11.6 Å². The van der Waals surface area contributed by atoms with E-state index in [1.54, 1.807) is 0 Å². The van der Waals surface area contributed by atoms with E-state index >= 15 is 0 Å². The second-order valence-corrected chi connectivity index (χ2v) is 7.78. The number of rotatable bonds is 2. The standard InChI is InChI=1S/C18H24ClN3O2/c1-21-16(12-7-9-13(19)10-8-12)15-11-22(14-5-3-2-4-6-14)17(23)18(15,24)20-21/h7-10,14-16,20,24H,2-6,11H2,1H3. The molecule has 5 nitrogen and oxygen atoms in total. The molecule has 6 heteroatoms. The van der Waals surface area contributed by atoms with Gasteiger partial charge in [-0.1, -0.05) is 43.0 Å². The van der Waals surface area contributed by atoms with Crippen molar-refractivity contribution in [1.82, 2.24) is 15.3 Å². The van der Waals surface area contributed by atoms with Crippen LogP contribution in [0.15, 0.2) is 24.3 Å². The van der Waals surface area contributed by atoms with Crippen LogP contribution in [0.2, 0.25) is 5.02 Å². The molecule has 2 N–H and O–H groups in total. The molecule has 0 aromatic heterocycles. The minimum absolute atomic E-state index is 0.0511. The average Bonchev–Trinajstić information content (AvgIpc) is 2.98. The van der Waals surface area contributed by atoms with Gasteiger partial charge in [-0.25, -0.2) is 10.4 Å². The van der Waals surface area contributed by atoms with Crippen LogP contribution in [-0.2, 0) is 4.79 Å². The topological polar surface area (TPSA) is 55.8 Å². The van der Waals surface area contributed by atoms with Gasteiger partial charge in [0.15, 0.2) is 0 Å². The van der Waals surface area contributed by atoms with Crippen LogP contribution in [0.25, 0.3) is 0 Å². The molecule has 3 unspecified atom stereocenters. The lowest BCUT2D eigenvalue weighted by Crippen LogP contribution is -2.54. The molecule has 1 aromatic carbocycles. The first-order valence-corrected chi connectivity index (χ1v) is 9.18. The first-order chi connectivity index (χ1) is 11.5. The third kappa shape index (κ3) is 2.46. The number of hydrazine groups is 1. The van der Waals surface area contributed by atoms with Crippen molar-refractivity contribution >= 4 is 17.5 Å². The molecular formula is C18H24ClN3O2. The zero-order chi connectivity index (χ0) is 16.9. The third-order valence-electron chi connectivity index (χ3n) is 5.89. The molecule has 3 atom stereocenters. The zero-order valence-electron chi connectivity index (χ0n) is 13.9. The number of hydrogen-bond acceptors (Lipinski definition) is 4. The number of nitrogens with one attached hydrogen (secondary N) is 1. The molecule has 2 saturated heterocycles. The first kappa shape index (κ1) is 16.3. The highest BCUT2D eigenvalue weighted by atomic mass is 35.5. The third-order valence-corrected chi connectivity index (χ3v) is 6.14. The molecule has 3 aliphatic rings. The molecule has 0 spiro atoms. The number of aliphatic hydroxyl groups is 1. The second kappa shape index (κ2) is 5.99. The number of nitrogens with zero attached hydrogens (tertiary/aromatic N) is 2. The number of benzene rings is 1. The molecular weight excluding hydrogens is 326 g/mol. The van der Waals surface area contributed by atoms with Crippen LogP contribution in [0.5, 0.6) is 0 Å². The van der Waals surface area contributed by atoms with Gasteiger partial charge in [0.1, 0.15) is 0 Å². The Balaban J connectivity index is 1.63. The molecule has 3 fully saturated rings.